The van der Waals surface area contributed by atoms with Crippen molar-refractivity contribution in [1.82, 2.24) is 4.31 Å². The highest BCUT2D eigenvalue weighted by Gasteiger charge is 2.30. The van der Waals surface area contributed by atoms with E-state index in [-0.39, 0.29) is 12.6 Å². The van der Waals surface area contributed by atoms with Crippen LogP contribution in [0.2, 0.25) is 0 Å². The predicted octanol–water partition coefficient (Wildman–Crippen LogP) is 1.94. The van der Waals surface area contributed by atoms with E-state index < -0.39 is 32.3 Å². The Kier molecular flexibility index (Phi) is 4.65. The standard InChI is InChI=1S/C12H16FNO4S/c1-4-14(8(2)3)19(17,18)11-7-9(13)5-6-10(11)12(15)16/h5-8H,4H2,1-3H3,(H,15,16). The number of carbonyl (C=O) groups is 1. The largest absolute Gasteiger partial charge is 0.478 e. The first kappa shape index (κ1) is 15.6. The first-order valence-corrected chi connectivity index (χ1v) is 7.20. The summed E-state index contributed by atoms with van der Waals surface area (Å²) in [4.78, 5) is 10.5. The molecule has 0 heterocycles. The van der Waals surface area contributed by atoms with Crippen LogP contribution in [-0.4, -0.2) is 36.4 Å². The van der Waals surface area contributed by atoms with Crippen molar-refractivity contribution in [3.05, 3.63) is 29.6 Å². The van der Waals surface area contributed by atoms with Crippen LogP contribution in [0.3, 0.4) is 0 Å². The van der Waals surface area contributed by atoms with Gasteiger partial charge in [0.2, 0.25) is 10.0 Å². The van der Waals surface area contributed by atoms with Gasteiger partial charge in [0.15, 0.2) is 0 Å². The molecule has 0 radical (unpaired) electrons. The molecule has 0 amide bonds. The summed E-state index contributed by atoms with van der Waals surface area (Å²) < 4.78 is 39.1. The maximum atomic E-state index is 13.2. The molecule has 0 bridgehead atoms. The first-order valence-electron chi connectivity index (χ1n) is 5.76. The molecule has 19 heavy (non-hydrogen) atoms. The van der Waals surface area contributed by atoms with Crippen LogP contribution in [0.4, 0.5) is 4.39 Å². The minimum Gasteiger partial charge on any atom is -0.478 e. The van der Waals surface area contributed by atoms with Crippen LogP contribution in [0.15, 0.2) is 23.1 Å². The third-order valence-electron chi connectivity index (χ3n) is 2.65. The summed E-state index contributed by atoms with van der Waals surface area (Å²) in [5, 5.41) is 9.01. The Hall–Kier alpha value is -1.47. The predicted molar refractivity (Wildman–Crippen MR) is 68.1 cm³/mol. The molecular formula is C12H16FNO4S. The molecule has 1 aromatic rings. The Morgan fingerprint density at radius 1 is 1.42 bits per heavy atom. The molecule has 0 atom stereocenters. The van der Waals surface area contributed by atoms with Gasteiger partial charge in [0.25, 0.3) is 0 Å². The zero-order valence-electron chi connectivity index (χ0n) is 10.9. The minimum absolute atomic E-state index is 0.176. The van der Waals surface area contributed by atoms with E-state index in [1.807, 2.05) is 0 Å². The van der Waals surface area contributed by atoms with Crippen molar-refractivity contribution in [3.63, 3.8) is 0 Å². The van der Waals surface area contributed by atoms with Gasteiger partial charge in [-0.2, -0.15) is 4.31 Å². The van der Waals surface area contributed by atoms with Crippen molar-refractivity contribution in [1.29, 1.82) is 0 Å². The number of aromatic carboxylic acids is 1. The molecule has 1 rings (SSSR count). The zero-order chi connectivity index (χ0) is 14.8. The molecule has 0 aliphatic rings. The topological polar surface area (TPSA) is 74.7 Å². The van der Waals surface area contributed by atoms with Gasteiger partial charge in [0, 0.05) is 12.6 Å². The van der Waals surface area contributed by atoms with Crippen LogP contribution in [0.1, 0.15) is 31.1 Å². The fourth-order valence-corrected chi connectivity index (χ4v) is 3.67. The van der Waals surface area contributed by atoms with Gasteiger partial charge in [-0.1, -0.05) is 6.92 Å². The third kappa shape index (κ3) is 3.10. The van der Waals surface area contributed by atoms with Crippen molar-refractivity contribution in [2.45, 2.75) is 31.7 Å². The second-order valence-corrected chi connectivity index (χ2v) is 6.11. The molecule has 1 N–H and O–H groups in total. The molecular weight excluding hydrogens is 273 g/mol. The monoisotopic (exact) mass is 289 g/mol. The molecule has 0 fully saturated rings. The molecule has 0 aliphatic carbocycles. The van der Waals surface area contributed by atoms with Crippen LogP contribution in [0.5, 0.6) is 0 Å². The highest BCUT2D eigenvalue weighted by atomic mass is 32.2. The van der Waals surface area contributed by atoms with E-state index in [2.05, 4.69) is 0 Å². The number of sulfonamides is 1. The number of benzene rings is 1. The molecule has 106 valence electrons. The van der Waals surface area contributed by atoms with Gasteiger partial charge in [0.05, 0.1) is 10.5 Å². The number of hydrogen-bond donors (Lipinski definition) is 1. The summed E-state index contributed by atoms with van der Waals surface area (Å²) in [5.41, 5.74) is -0.430. The van der Waals surface area contributed by atoms with E-state index >= 15 is 0 Å². The Morgan fingerprint density at radius 3 is 2.42 bits per heavy atom. The van der Waals surface area contributed by atoms with E-state index in [9.17, 15) is 17.6 Å². The van der Waals surface area contributed by atoms with Gasteiger partial charge in [0.1, 0.15) is 5.82 Å². The van der Waals surface area contributed by atoms with E-state index in [0.717, 1.165) is 22.5 Å². The molecule has 0 aliphatic heterocycles. The summed E-state index contributed by atoms with van der Waals surface area (Å²) in [6.07, 6.45) is 0. The van der Waals surface area contributed by atoms with Gasteiger partial charge in [-0.15, -0.1) is 0 Å². The first-order chi connectivity index (χ1) is 8.71. The quantitative estimate of drug-likeness (QED) is 0.899. The summed E-state index contributed by atoms with van der Waals surface area (Å²) in [7, 11) is -4.04. The van der Waals surface area contributed by atoms with Crippen LogP contribution in [0.25, 0.3) is 0 Å². The molecule has 1 aromatic carbocycles. The normalized spacial score (nSPS) is 12.1. The van der Waals surface area contributed by atoms with Crippen molar-refractivity contribution in [2.75, 3.05) is 6.54 Å². The number of carboxylic acids is 1. The number of halogens is 1. The Balaban J connectivity index is 3.51. The summed E-state index contributed by atoms with van der Waals surface area (Å²) in [6.45, 7) is 5.15. The number of nitrogens with zero attached hydrogens (tertiary/aromatic N) is 1. The lowest BCUT2D eigenvalue weighted by Crippen LogP contribution is -2.37. The lowest BCUT2D eigenvalue weighted by Gasteiger charge is -2.25. The number of rotatable bonds is 5. The van der Waals surface area contributed by atoms with Crippen LogP contribution in [-0.2, 0) is 10.0 Å². The Morgan fingerprint density at radius 2 is 2.00 bits per heavy atom. The van der Waals surface area contributed by atoms with Crippen LogP contribution in [0, 0.1) is 5.82 Å². The summed E-state index contributed by atoms with van der Waals surface area (Å²) >= 11 is 0. The maximum Gasteiger partial charge on any atom is 0.337 e. The van der Waals surface area contributed by atoms with E-state index in [4.69, 9.17) is 5.11 Å². The highest BCUT2D eigenvalue weighted by molar-refractivity contribution is 7.89. The SMILES string of the molecule is CCN(C(C)C)S(=O)(=O)c1cc(F)ccc1C(=O)O. The number of hydrogen-bond acceptors (Lipinski definition) is 3. The van der Waals surface area contributed by atoms with Crippen molar-refractivity contribution >= 4 is 16.0 Å². The lowest BCUT2D eigenvalue weighted by atomic mass is 10.2. The van der Waals surface area contributed by atoms with Crippen LogP contribution < -0.4 is 0 Å². The fraction of sp³-hybridized carbons (Fsp3) is 0.417. The fourth-order valence-electron chi connectivity index (χ4n) is 1.83. The van der Waals surface area contributed by atoms with Crippen molar-refractivity contribution in [2.24, 2.45) is 0 Å². The smallest absolute Gasteiger partial charge is 0.337 e. The van der Waals surface area contributed by atoms with Gasteiger partial charge < -0.3 is 5.11 Å². The van der Waals surface area contributed by atoms with Gasteiger partial charge in [-0.3, -0.25) is 0 Å². The second-order valence-electron chi connectivity index (χ2n) is 4.25. The molecule has 0 spiro atoms. The summed E-state index contributed by atoms with van der Waals surface area (Å²) in [5.74, 6) is -2.19. The molecule has 0 saturated heterocycles. The molecule has 7 heteroatoms. The van der Waals surface area contributed by atoms with E-state index in [1.54, 1.807) is 20.8 Å². The third-order valence-corrected chi connectivity index (χ3v) is 4.84. The van der Waals surface area contributed by atoms with Gasteiger partial charge in [-0.05, 0) is 32.0 Å². The van der Waals surface area contributed by atoms with Gasteiger partial charge >= 0.3 is 5.97 Å². The molecule has 5 nitrogen and oxygen atoms in total. The van der Waals surface area contributed by atoms with Crippen LogP contribution >= 0.6 is 0 Å². The Labute approximate surface area is 111 Å². The highest BCUT2D eigenvalue weighted by Crippen LogP contribution is 2.23. The second kappa shape index (κ2) is 5.66. The summed E-state index contributed by atoms with van der Waals surface area (Å²) in [6, 6.07) is 2.27. The minimum atomic E-state index is -4.04. The molecule has 0 unspecified atom stereocenters. The number of carboxylic acid groups (broad SMARTS) is 1. The van der Waals surface area contributed by atoms with Crippen molar-refractivity contribution < 1.29 is 22.7 Å². The zero-order valence-corrected chi connectivity index (χ0v) is 11.7. The van der Waals surface area contributed by atoms with Crippen molar-refractivity contribution in [3.8, 4) is 0 Å². The average molecular weight is 289 g/mol. The van der Waals surface area contributed by atoms with E-state index in [0.29, 0.717) is 0 Å². The Bertz CT molecular complexity index is 583. The lowest BCUT2D eigenvalue weighted by molar-refractivity contribution is 0.0692. The average Bonchev–Trinajstić information content (AvgIpc) is 2.28. The molecule has 0 saturated carbocycles. The van der Waals surface area contributed by atoms with E-state index in [1.165, 1.54) is 0 Å². The maximum absolute atomic E-state index is 13.2. The van der Waals surface area contributed by atoms with Gasteiger partial charge in [-0.25, -0.2) is 17.6 Å². The molecule has 0 aromatic heterocycles.